The Morgan fingerprint density at radius 1 is 1.47 bits per heavy atom. The Morgan fingerprint density at radius 3 is 2.68 bits per heavy atom. The van der Waals surface area contributed by atoms with Crippen LogP contribution in [0, 0.1) is 0 Å². The largest absolute Gasteiger partial charge is 0.480 e. The summed E-state index contributed by atoms with van der Waals surface area (Å²) in [7, 11) is 0. The molecule has 0 aromatic heterocycles. The van der Waals surface area contributed by atoms with Crippen LogP contribution in [-0.2, 0) is 14.3 Å². The van der Waals surface area contributed by atoms with Gasteiger partial charge >= 0.3 is 12.1 Å². The zero-order valence-electron chi connectivity index (χ0n) is 10.7. The van der Waals surface area contributed by atoms with E-state index in [0.717, 1.165) is 0 Å². The van der Waals surface area contributed by atoms with Gasteiger partial charge in [0.2, 0.25) is 0 Å². The molecule has 0 radical (unpaired) electrons. The second-order valence-electron chi connectivity index (χ2n) is 4.44. The summed E-state index contributed by atoms with van der Waals surface area (Å²) in [6, 6.07) is -1.04. The molecule has 0 fully saturated rings. The van der Waals surface area contributed by atoms with E-state index >= 15 is 0 Å². The predicted molar refractivity (Wildman–Crippen MR) is 63.7 cm³/mol. The molecule has 1 atom stereocenters. The molecule has 0 saturated carbocycles. The predicted octanol–water partition coefficient (Wildman–Crippen LogP) is 1.11. The summed E-state index contributed by atoms with van der Waals surface area (Å²) in [4.78, 5) is 32.4. The van der Waals surface area contributed by atoms with Crippen LogP contribution in [0.2, 0.25) is 0 Å². The topological polar surface area (TPSA) is 117 Å². The van der Waals surface area contributed by atoms with Crippen molar-refractivity contribution in [3.63, 3.8) is 0 Å². The Balaban J connectivity index is 2.21. The minimum absolute atomic E-state index is 0.121. The lowest BCUT2D eigenvalue weighted by Gasteiger charge is -2.14. The molecule has 1 heterocycles. The number of carbonyl (C=O) groups is 3. The molecule has 0 spiro atoms. The zero-order valence-corrected chi connectivity index (χ0v) is 10.7. The summed E-state index contributed by atoms with van der Waals surface area (Å²) < 4.78 is 4.84. The van der Waals surface area contributed by atoms with Gasteiger partial charge in [0.05, 0.1) is 6.61 Å². The van der Waals surface area contributed by atoms with E-state index in [1.54, 1.807) is 6.92 Å². The molecule has 0 aromatic carbocycles. The molecule has 8 nitrogen and oxygen atoms in total. The summed E-state index contributed by atoms with van der Waals surface area (Å²) in [5.41, 5.74) is -0.448. The average molecular weight is 271 g/mol. The molecule has 8 heteroatoms. The number of rotatable bonds is 9. The van der Waals surface area contributed by atoms with Gasteiger partial charge in [-0.1, -0.05) is 0 Å². The van der Waals surface area contributed by atoms with E-state index in [2.05, 4.69) is 15.5 Å². The summed E-state index contributed by atoms with van der Waals surface area (Å²) in [6.07, 6.45) is 1.25. The van der Waals surface area contributed by atoms with E-state index in [-0.39, 0.29) is 19.4 Å². The van der Waals surface area contributed by atoms with E-state index in [0.29, 0.717) is 19.1 Å². The van der Waals surface area contributed by atoms with Crippen LogP contribution < -0.4 is 5.32 Å². The number of nitrogens with one attached hydrogen (secondary N) is 1. The highest BCUT2D eigenvalue weighted by molar-refractivity contribution is 5.79. The highest BCUT2D eigenvalue weighted by Gasteiger charge is 2.33. The van der Waals surface area contributed by atoms with E-state index in [4.69, 9.17) is 9.84 Å². The maximum Gasteiger partial charge on any atom is 0.407 e. The summed E-state index contributed by atoms with van der Waals surface area (Å²) >= 11 is 0. The highest BCUT2D eigenvalue weighted by atomic mass is 16.5. The van der Waals surface area contributed by atoms with E-state index in [1.807, 2.05) is 0 Å². The van der Waals surface area contributed by atoms with Crippen molar-refractivity contribution in [3.8, 4) is 0 Å². The standard InChI is InChI=1S/C11H17N3O5/c1-11(13-14-11)5-7-19-10(18)12-8(9(16)17)4-2-3-6-15/h6,8H,2-5,7H2,1H3,(H,12,18)(H,16,17)/t8-/m0/s1. The van der Waals surface area contributed by atoms with Gasteiger partial charge in [-0.05, 0) is 19.8 Å². The highest BCUT2D eigenvalue weighted by Crippen LogP contribution is 2.30. The minimum atomic E-state index is -1.15. The summed E-state index contributed by atoms with van der Waals surface area (Å²) in [5.74, 6) is -1.15. The van der Waals surface area contributed by atoms with Crippen molar-refractivity contribution in [1.82, 2.24) is 5.32 Å². The number of unbranched alkanes of at least 4 members (excludes halogenated alkanes) is 1. The van der Waals surface area contributed by atoms with Crippen molar-refractivity contribution in [1.29, 1.82) is 0 Å². The number of amides is 1. The number of alkyl carbamates (subject to hydrolysis) is 1. The molecule has 0 aliphatic carbocycles. The molecular formula is C11H17N3O5. The number of nitrogens with zero attached hydrogens (tertiary/aromatic N) is 2. The molecule has 0 saturated heterocycles. The smallest absolute Gasteiger partial charge is 0.407 e. The zero-order chi connectivity index (χ0) is 14.3. The number of carbonyl (C=O) groups excluding carboxylic acids is 2. The van der Waals surface area contributed by atoms with E-state index < -0.39 is 23.8 Å². The van der Waals surface area contributed by atoms with Gasteiger partial charge in [-0.3, -0.25) is 0 Å². The van der Waals surface area contributed by atoms with Gasteiger partial charge in [0.25, 0.3) is 0 Å². The Morgan fingerprint density at radius 2 is 2.16 bits per heavy atom. The van der Waals surface area contributed by atoms with Crippen molar-refractivity contribution in [2.45, 2.75) is 44.3 Å². The number of aldehydes is 1. The molecule has 0 unspecified atom stereocenters. The van der Waals surface area contributed by atoms with Crippen LogP contribution in [-0.4, -0.2) is 41.8 Å². The van der Waals surface area contributed by atoms with Crippen LogP contribution in [0.15, 0.2) is 10.2 Å². The van der Waals surface area contributed by atoms with Crippen LogP contribution in [0.25, 0.3) is 0 Å². The molecule has 106 valence electrons. The van der Waals surface area contributed by atoms with Crippen LogP contribution in [0.4, 0.5) is 4.79 Å². The van der Waals surface area contributed by atoms with Gasteiger partial charge in [-0.2, -0.15) is 10.2 Å². The van der Waals surface area contributed by atoms with Crippen molar-refractivity contribution in [2.24, 2.45) is 10.2 Å². The molecular weight excluding hydrogens is 254 g/mol. The number of hydrogen-bond acceptors (Lipinski definition) is 6. The molecule has 1 amide bonds. The lowest BCUT2D eigenvalue weighted by molar-refractivity contribution is -0.139. The van der Waals surface area contributed by atoms with Gasteiger partial charge in [-0.25, -0.2) is 9.59 Å². The molecule has 1 aliphatic heterocycles. The second-order valence-corrected chi connectivity index (χ2v) is 4.44. The third kappa shape index (κ3) is 5.94. The molecule has 1 aliphatic rings. The maximum absolute atomic E-state index is 11.4. The van der Waals surface area contributed by atoms with Gasteiger partial charge in [0.15, 0.2) is 5.66 Å². The quantitative estimate of drug-likeness (QED) is 0.481. The Bertz CT molecular complexity index is 377. The van der Waals surface area contributed by atoms with Gasteiger partial charge in [0.1, 0.15) is 12.3 Å². The van der Waals surface area contributed by atoms with Crippen molar-refractivity contribution in [3.05, 3.63) is 0 Å². The van der Waals surface area contributed by atoms with Crippen LogP contribution in [0.3, 0.4) is 0 Å². The fourth-order valence-electron chi connectivity index (χ4n) is 1.37. The molecule has 1 rings (SSSR count). The first kappa shape index (κ1) is 15.1. The Kier molecular flexibility index (Phi) is 5.40. The van der Waals surface area contributed by atoms with Crippen LogP contribution in [0.1, 0.15) is 32.6 Å². The molecule has 0 aromatic rings. The van der Waals surface area contributed by atoms with Gasteiger partial charge in [0, 0.05) is 12.8 Å². The van der Waals surface area contributed by atoms with E-state index in [9.17, 15) is 14.4 Å². The van der Waals surface area contributed by atoms with Crippen molar-refractivity contribution >= 4 is 18.3 Å². The first-order valence-electron chi connectivity index (χ1n) is 6.00. The number of carboxylic acid groups (broad SMARTS) is 1. The molecule has 19 heavy (non-hydrogen) atoms. The monoisotopic (exact) mass is 271 g/mol. The van der Waals surface area contributed by atoms with Crippen molar-refractivity contribution in [2.75, 3.05) is 6.61 Å². The minimum Gasteiger partial charge on any atom is -0.480 e. The lowest BCUT2D eigenvalue weighted by Crippen LogP contribution is -2.41. The number of aliphatic carboxylic acids is 1. The third-order valence-electron chi connectivity index (χ3n) is 2.66. The maximum atomic E-state index is 11.4. The Hall–Kier alpha value is -1.99. The fraction of sp³-hybridized carbons (Fsp3) is 0.727. The summed E-state index contributed by atoms with van der Waals surface area (Å²) in [6.45, 7) is 1.92. The number of carboxylic acids is 1. The van der Waals surface area contributed by atoms with E-state index in [1.165, 1.54) is 0 Å². The SMILES string of the molecule is CC1(CCOC(=O)N[C@@H](CCCC=O)C(=O)O)N=N1. The molecule has 0 bridgehead atoms. The average Bonchev–Trinajstić information content (AvgIpc) is 3.06. The Labute approximate surface area is 110 Å². The third-order valence-corrected chi connectivity index (χ3v) is 2.66. The van der Waals surface area contributed by atoms with Gasteiger partial charge < -0.3 is 20.0 Å². The number of ether oxygens (including phenoxy) is 1. The lowest BCUT2D eigenvalue weighted by atomic mass is 10.1. The van der Waals surface area contributed by atoms with Crippen LogP contribution >= 0.6 is 0 Å². The fourth-order valence-corrected chi connectivity index (χ4v) is 1.37. The van der Waals surface area contributed by atoms with Crippen LogP contribution in [0.5, 0.6) is 0 Å². The summed E-state index contributed by atoms with van der Waals surface area (Å²) in [5, 5.41) is 18.7. The second kappa shape index (κ2) is 6.81. The first-order valence-corrected chi connectivity index (χ1v) is 6.00. The normalized spacial score (nSPS) is 16.5. The number of hydrogen-bond donors (Lipinski definition) is 2. The van der Waals surface area contributed by atoms with Gasteiger partial charge in [-0.15, -0.1) is 0 Å². The first-order chi connectivity index (χ1) is 8.97. The molecule has 2 N–H and O–H groups in total. The van der Waals surface area contributed by atoms with Crippen molar-refractivity contribution < 1.29 is 24.2 Å².